The van der Waals surface area contributed by atoms with E-state index in [2.05, 4.69) is 28.1 Å². The van der Waals surface area contributed by atoms with Gasteiger partial charge in [0.25, 0.3) is 10.2 Å². The second-order valence-corrected chi connectivity index (χ2v) is 10.2. The zero-order valence-corrected chi connectivity index (χ0v) is 19.2. The highest BCUT2D eigenvalue weighted by Crippen LogP contribution is 2.36. The number of aryl methyl sites for hydroxylation is 1. The third kappa shape index (κ3) is 3.94. The summed E-state index contributed by atoms with van der Waals surface area (Å²) in [6, 6.07) is 12.4. The zero-order valence-electron chi connectivity index (χ0n) is 17.6. The van der Waals surface area contributed by atoms with Crippen molar-refractivity contribution in [3.63, 3.8) is 0 Å². The van der Waals surface area contributed by atoms with Gasteiger partial charge in [0, 0.05) is 44.1 Å². The summed E-state index contributed by atoms with van der Waals surface area (Å²) in [5.74, 6) is 1.63. The van der Waals surface area contributed by atoms with E-state index in [9.17, 15) is 8.42 Å². The minimum Gasteiger partial charge on any atom is -0.353 e. The quantitative estimate of drug-likeness (QED) is 0.582. The first kappa shape index (κ1) is 21.2. The Kier molecular flexibility index (Phi) is 6.06. The van der Waals surface area contributed by atoms with Gasteiger partial charge in [-0.05, 0) is 18.6 Å². The van der Waals surface area contributed by atoms with Crippen LogP contribution in [-0.2, 0) is 10.2 Å². The van der Waals surface area contributed by atoms with E-state index in [0.717, 1.165) is 26.7 Å². The van der Waals surface area contributed by atoms with E-state index in [4.69, 9.17) is 4.98 Å². The summed E-state index contributed by atoms with van der Waals surface area (Å²) >= 11 is 1.67. The van der Waals surface area contributed by atoms with E-state index in [0.29, 0.717) is 39.3 Å². The summed E-state index contributed by atoms with van der Waals surface area (Å²) in [5, 5.41) is 1.03. The van der Waals surface area contributed by atoms with Crippen LogP contribution in [-0.4, -0.2) is 66.3 Å². The molecule has 30 heavy (non-hydrogen) atoms. The predicted molar refractivity (Wildman–Crippen MR) is 123 cm³/mol. The number of hydrogen-bond acceptors (Lipinski definition) is 6. The molecule has 3 aromatic rings. The molecule has 0 spiro atoms. The lowest BCUT2D eigenvalue weighted by atomic mass is 10.2. The van der Waals surface area contributed by atoms with E-state index in [-0.39, 0.29) is 0 Å². The standard InChI is InChI=1S/C21H27N5O2S2/c1-4-25(5-2)30(27,28)26-13-11-24(12-14-26)20-18-15-19(17-9-7-6-8-10-17)29-21(18)23-16(3)22-20/h6-10,15H,4-5,11-14H2,1-3H3. The molecule has 160 valence electrons. The van der Waals surface area contributed by atoms with Gasteiger partial charge in [-0.3, -0.25) is 0 Å². The van der Waals surface area contributed by atoms with Gasteiger partial charge < -0.3 is 4.90 Å². The van der Waals surface area contributed by atoms with E-state index in [1.165, 1.54) is 9.87 Å². The summed E-state index contributed by atoms with van der Waals surface area (Å²) in [5.41, 5.74) is 1.17. The largest absolute Gasteiger partial charge is 0.353 e. The highest BCUT2D eigenvalue weighted by molar-refractivity contribution is 7.86. The lowest BCUT2D eigenvalue weighted by Gasteiger charge is -2.37. The molecule has 4 rings (SSSR count). The van der Waals surface area contributed by atoms with Crippen LogP contribution in [0.5, 0.6) is 0 Å². The lowest BCUT2D eigenvalue weighted by molar-refractivity contribution is 0.334. The molecule has 9 heteroatoms. The molecule has 0 amide bonds. The van der Waals surface area contributed by atoms with Gasteiger partial charge in [-0.1, -0.05) is 44.2 Å². The number of benzene rings is 1. The van der Waals surface area contributed by atoms with Crippen molar-refractivity contribution >= 4 is 37.6 Å². The molecular formula is C21H27N5O2S2. The number of fused-ring (bicyclic) bond motifs is 1. The predicted octanol–water partition coefficient (Wildman–Crippen LogP) is 3.38. The Labute approximate surface area is 182 Å². The number of piperazine rings is 1. The van der Waals surface area contributed by atoms with Gasteiger partial charge in [0.15, 0.2) is 0 Å². The van der Waals surface area contributed by atoms with Gasteiger partial charge in [-0.25, -0.2) is 9.97 Å². The Hall–Kier alpha value is -2.07. The number of rotatable bonds is 6. The van der Waals surface area contributed by atoms with Crippen molar-refractivity contribution < 1.29 is 8.42 Å². The van der Waals surface area contributed by atoms with Crippen LogP contribution in [0.15, 0.2) is 36.4 Å². The van der Waals surface area contributed by atoms with E-state index in [1.807, 2.05) is 39.0 Å². The summed E-state index contributed by atoms with van der Waals surface area (Å²) < 4.78 is 28.8. The van der Waals surface area contributed by atoms with E-state index in [1.54, 1.807) is 15.6 Å². The highest BCUT2D eigenvalue weighted by Gasteiger charge is 2.31. The van der Waals surface area contributed by atoms with Gasteiger partial charge in [0.2, 0.25) is 0 Å². The summed E-state index contributed by atoms with van der Waals surface area (Å²) in [6.45, 7) is 8.77. The Morgan fingerprint density at radius 2 is 1.70 bits per heavy atom. The molecule has 0 unspecified atom stereocenters. The molecule has 3 heterocycles. The van der Waals surface area contributed by atoms with Crippen molar-refractivity contribution in [3.05, 3.63) is 42.2 Å². The smallest absolute Gasteiger partial charge is 0.282 e. The Morgan fingerprint density at radius 3 is 2.33 bits per heavy atom. The molecule has 0 N–H and O–H groups in total. The van der Waals surface area contributed by atoms with Crippen LogP contribution in [0, 0.1) is 6.92 Å². The fraction of sp³-hybridized carbons (Fsp3) is 0.429. The molecule has 0 atom stereocenters. The number of aromatic nitrogens is 2. The molecule has 0 radical (unpaired) electrons. The first-order valence-corrected chi connectivity index (χ1v) is 12.5. The van der Waals surface area contributed by atoms with Crippen LogP contribution in [0.4, 0.5) is 5.82 Å². The molecule has 1 aliphatic rings. The third-order valence-corrected chi connectivity index (χ3v) is 8.70. The minimum absolute atomic E-state index is 0.457. The van der Waals surface area contributed by atoms with Crippen molar-refractivity contribution in [1.82, 2.24) is 18.6 Å². The van der Waals surface area contributed by atoms with Crippen molar-refractivity contribution in [1.29, 1.82) is 0 Å². The van der Waals surface area contributed by atoms with Crippen molar-refractivity contribution in [3.8, 4) is 10.4 Å². The fourth-order valence-electron chi connectivity index (χ4n) is 3.84. The Bertz CT molecular complexity index is 1120. The highest BCUT2D eigenvalue weighted by atomic mass is 32.2. The van der Waals surface area contributed by atoms with Gasteiger partial charge in [0.1, 0.15) is 16.5 Å². The van der Waals surface area contributed by atoms with Crippen molar-refractivity contribution in [2.24, 2.45) is 0 Å². The molecule has 1 aromatic carbocycles. The van der Waals surface area contributed by atoms with E-state index < -0.39 is 10.2 Å². The molecule has 1 aliphatic heterocycles. The van der Waals surface area contributed by atoms with E-state index >= 15 is 0 Å². The normalized spacial score (nSPS) is 15.9. The van der Waals surface area contributed by atoms with Crippen LogP contribution in [0.25, 0.3) is 20.7 Å². The molecule has 0 bridgehead atoms. The maximum Gasteiger partial charge on any atom is 0.282 e. The summed E-state index contributed by atoms with van der Waals surface area (Å²) in [6.07, 6.45) is 0. The van der Waals surface area contributed by atoms with Gasteiger partial charge in [0.05, 0.1) is 5.39 Å². The van der Waals surface area contributed by atoms with Crippen LogP contribution in [0.2, 0.25) is 0 Å². The first-order valence-electron chi connectivity index (χ1n) is 10.3. The zero-order chi connectivity index (χ0) is 21.3. The molecular weight excluding hydrogens is 418 g/mol. The SMILES string of the molecule is CCN(CC)S(=O)(=O)N1CCN(c2nc(C)nc3sc(-c4ccccc4)cc23)CC1. The Balaban J connectivity index is 1.61. The number of anilines is 1. The Morgan fingerprint density at radius 1 is 1.03 bits per heavy atom. The second kappa shape index (κ2) is 8.58. The van der Waals surface area contributed by atoms with Gasteiger partial charge in [-0.15, -0.1) is 11.3 Å². The van der Waals surface area contributed by atoms with Crippen LogP contribution < -0.4 is 4.90 Å². The third-order valence-electron chi connectivity index (χ3n) is 5.44. The van der Waals surface area contributed by atoms with Gasteiger partial charge >= 0.3 is 0 Å². The monoisotopic (exact) mass is 445 g/mol. The molecule has 7 nitrogen and oxygen atoms in total. The average molecular weight is 446 g/mol. The summed E-state index contributed by atoms with van der Waals surface area (Å²) in [4.78, 5) is 13.7. The summed E-state index contributed by atoms with van der Waals surface area (Å²) in [7, 11) is -3.40. The maximum atomic E-state index is 12.8. The molecule has 0 saturated carbocycles. The number of hydrogen-bond donors (Lipinski definition) is 0. The van der Waals surface area contributed by atoms with Crippen LogP contribution in [0.1, 0.15) is 19.7 Å². The second-order valence-electron chi connectivity index (χ2n) is 7.27. The molecule has 0 aliphatic carbocycles. The van der Waals surface area contributed by atoms with Crippen LogP contribution in [0.3, 0.4) is 0 Å². The topological polar surface area (TPSA) is 69.6 Å². The first-order chi connectivity index (χ1) is 14.4. The number of thiophene rings is 1. The maximum absolute atomic E-state index is 12.8. The van der Waals surface area contributed by atoms with Crippen LogP contribution >= 0.6 is 11.3 Å². The molecule has 1 saturated heterocycles. The minimum atomic E-state index is -3.40. The fourth-order valence-corrected chi connectivity index (χ4v) is 6.52. The molecule has 2 aromatic heterocycles. The molecule has 1 fully saturated rings. The van der Waals surface area contributed by atoms with Crippen molar-refractivity contribution in [2.75, 3.05) is 44.2 Å². The average Bonchev–Trinajstić information content (AvgIpc) is 3.18. The van der Waals surface area contributed by atoms with Crippen molar-refractivity contribution in [2.45, 2.75) is 20.8 Å². The lowest BCUT2D eigenvalue weighted by Crippen LogP contribution is -2.53. The van der Waals surface area contributed by atoms with Gasteiger partial charge in [-0.2, -0.15) is 17.0 Å². The number of nitrogens with zero attached hydrogens (tertiary/aromatic N) is 5.